The van der Waals surface area contributed by atoms with Crippen LogP contribution < -0.4 is 5.32 Å². The summed E-state index contributed by atoms with van der Waals surface area (Å²) in [6, 6.07) is 0.755. The second kappa shape index (κ2) is 8.53. The maximum atomic E-state index is 3.61. The molecular formula is C19H38N2. The van der Waals surface area contributed by atoms with E-state index in [0.717, 1.165) is 29.7 Å². The van der Waals surface area contributed by atoms with E-state index in [-0.39, 0.29) is 0 Å². The van der Waals surface area contributed by atoms with E-state index in [9.17, 15) is 0 Å². The first-order valence-corrected chi connectivity index (χ1v) is 9.53. The summed E-state index contributed by atoms with van der Waals surface area (Å²) in [5.74, 6) is 3.67. The standard InChI is InChI=1S/C19H38N2/c1-5-16-7-6-11-21(12-10-16)14-18-13-17(15(2)3)8-9-19(18)20-4/h15-20H,5-14H2,1-4H3. The largest absolute Gasteiger partial charge is 0.317 e. The summed E-state index contributed by atoms with van der Waals surface area (Å²) >= 11 is 0. The minimum Gasteiger partial charge on any atom is -0.317 e. The molecule has 1 saturated carbocycles. The lowest BCUT2D eigenvalue weighted by Crippen LogP contribution is -2.45. The van der Waals surface area contributed by atoms with Crippen molar-refractivity contribution in [1.82, 2.24) is 10.2 Å². The van der Waals surface area contributed by atoms with Gasteiger partial charge in [0.2, 0.25) is 0 Å². The van der Waals surface area contributed by atoms with Crippen molar-refractivity contribution in [3.63, 3.8) is 0 Å². The molecule has 0 radical (unpaired) electrons. The van der Waals surface area contributed by atoms with Crippen LogP contribution in [0.25, 0.3) is 0 Å². The molecule has 2 nitrogen and oxygen atoms in total. The van der Waals surface area contributed by atoms with E-state index in [1.165, 1.54) is 64.6 Å². The first-order chi connectivity index (χ1) is 10.1. The molecule has 0 amide bonds. The van der Waals surface area contributed by atoms with Crippen LogP contribution in [0.4, 0.5) is 0 Å². The predicted molar refractivity (Wildman–Crippen MR) is 92.6 cm³/mol. The van der Waals surface area contributed by atoms with Gasteiger partial charge in [0, 0.05) is 12.6 Å². The Bertz CT molecular complexity index is 289. The summed E-state index contributed by atoms with van der Waals surface area (Å²) in [5.41, 5.74) is 0. The predicted octanol–water partition coefficient (Wildman–Crippen LogP) is 4.16. The van der Waals surface area contributed by atoms with Crippen LogP contribution in [0.15, 0.2) is 0 Å². The highest BCUT2D eigenvalue weighted by Crippen LogP contribution is 2.34. The average molecular weight is 295 g/mol. The molecule has 2 fully saturated rings. The fourth-order valence-electron chi connectivity index (χ4n) is 4.63. The van der Waals surface area contributed by atoms with Gasteiger partial charge in [0.25, 0.3) is 0 Å². The van der Waals surface area contributed by atoms with Crippen molar-refractivity contribution >= 4 is 0 Å². The first-order valence-electron chi connectivity index (χ1n) is 9.53. The first kappa shape index (κ1) is 17.3. The quantitative estimate of drug-likeness (QED) is 0.819. The number of nitrogens with one attached hydrogen (secondary N) is 1. The number of nitrogens with zero attached hydrogens (tertiary/aromatic N) is 1. The number of hydrogen-bond donors (Lipinski definition) is 1. The van der Waals surface area contributed by atoms with E-state index in [0.29, 0.717) is 0 Å². The number of likely N-dealkylation sites (tertiary alicyclic amines) is 1. The van der Waals surface area contributed by atoms with Gasteiger partial charge in [-0.25, -0.2) is 0 Å². The maximum absolute atomic E-state index is 3.61. The lowest BCUT2D eigenvalue weighted by Gasteiger charge is -2.40. The van der Waals surface area contributed by atoms with Crippen molar-refractivity contribution in [2.75, 3.05) is 26.7 Å². The molecular weight excluding hydrogens is 256 g/mol. The second-order valence-electron chi connectivity index (χ2n) is 7.98. The normalized spacial score (nSPS) is 35.9. The average Bonchev–Trinajstić information content (AvgIpc) is 2.72. The van der Waals surface area contributed by atoms with Crippen molar-refractivity contribution in [2.24, 2.45) is 23.7 Å². The molecule has 1 aliphatic carbocycles. The van der Waals surface area contributed by atoms with Gasteiger partial charge in [-0.2, -0.15) is 0 Å². The highest BCUT2D eigenvalue weighted by molar-refractivity contribution is 4.87. The third-order valence-corrected chi connectivity index (χ3v) is 6.35. The van der Waals surface area contributed by atoms with E-state index in [1.807, 2.05) is 0 Å². The zero-order chi connectivity index (χ0) is 15.2. The molecule has 4 atom stereocenters. The molecule has 0 spiro atoms. The molecule has 1 aliphatic heterocycles. The van der Waals surface area contributed by atoms with E-state index >= 15 is 0 Å². The Morgan fingerprint density at radius 3 is 2.57 bits per heavy atom. The van der Waals surface area contributed by atoms with Crippen LogP contribution in [-0.2, 0) is 0 Å². The third-order valence-electron chi connectivity index (χ3n) is 6.35. The topological polar surface area (TPSA) is 15.3 Å². The summed E-state index contributed by atoms with van der Waals surface area (Å²) < 4.78 is 0. The fraction of sp³-hybridized carbons (Fsp3) is 1.00. The Morgan fingerprint density at radius 1 is 1.10 bits per heavy atom. The van der Waals surface area contributed by atoms with Gasteiger partial charge >= 0.3 is 0 Å². The van der Waals surface area contributed by atoms with Gasteiger partial charge in [-0.3, -0.25) is 0 Å². The smallest absolute Gasteiger partial charge is 0.0105 e. The molecule has 0 bridgehead atoms. The van der Waals surface area contributed by atoms with Crippen LogP contribution in [-0.4, -0.2) is 37.6 Å². The van der Waals surface area contributed by atoms with Crippen LogP contribution >= 0.6 is 0 Å². The summed E-state index contributed by atoms with van der Waals surface area (Å²) in [5, 5.41) is 3.61. The van der Waals surface area contributed by atoms with E-state index in [1.54, 1.807) is 0 Å². The van der Waals surface area contributed by atoms with Gasteiger partial charge in [0.1, 0.15) is 0 Å². The van der Waals surface area contributed by atoms with E-state index in [2.05, 4.69) is 38.0 Å². The summed E-state index contributed by atoms with van der Waals surface area (Å²) in [6.45, 7) is 11.2. The Balaban J connectivity index is 1.88. The van der Waals surface area contributed by atoms with Gasteiger partial charge in [-0.15, -0.1) is 0 Å². The summed E-state index contributed by atoms with van der Waals surface area (Å²) in [4.78, 5) is 2.79. The highest BCUT2D eigenvalue weighted by Gasteiger charge is 2.32. The zero-order valence-corrected chi connectivity index (χ0v) is 14.9. The van der Waals surface area contributed by atoms with Crippen LogP contribution in [0.5, 0.6) is 0 Å². The van der Waals surface area contributed by atoms with Gasteiger partial charge in [0.05, 0.1) is 0 Å². The lowest BCUT2D eigenvalue weighted by atomic mass is 9.73. The minimum absolute atomic E-state index is 0.755. The number of hydrogen-bond acceptors (Lipinski definition) is 2. The van der Waals surface area contributed by atoms with Crippen LogP contribution in [0.1, 0.15) is 65.7 Å². The molecule has 1 saturated heterocycles. The second-order valence-corrected chi connectivity index (χ2v) is 7.98. The zero-order valence-electron chi connectivity index (χ0n) is 14.9. The van der Waals surface area contributed by atoms with Gasteiger partial charge < -0.3 is 10.2 Å². The Hall–Kier alpha value is -0.0800. The molecule has 1 N–H and O–H groups in total. The monoisotopic (exact) mass is 294 g/mol. The molecule has 0 aromatic heterocycles. The Morgan fingerprint density at radius 2 is 1.90 bits per heavy atom. The highest BCUT2D eigenvalue weighted by atomic mass is 15.1. The van der Waals surface area contributed by atoms with E-state index in [4.69, 9.17) is 0 Å². The molecule has 2 aliphatic rings. The lowest BCUT2D eigenvalue weighted by molar-refractivity contribution is 0.126. The van der Waals surface area contributed by atoms with Crippen molar-refractivity contribution in [3.8, 4) is 0 Å². The molecule has 4 unspecified atom stereocenters. The molecule has 0 aromatic rings. The van der Waals surface area contributed by atoms with Gasteiger partial charge in [-0.1, -0.05) is 27.2 Å². The molecule has 2 rings (SSSR count). The number of rotatable bonds is 5. The molecule has 2 heteroatoms. The molecule has 0 aromatic carbocycles. The third kappa shape index (κ3) is 4.96. The minimum atomic E-state index is 0.755. The summed E-state index contributed by atoms with van der Waals surface area (Å²) in [7, 11) is 2.17. The van der Waals surface area contributed by atoms with Crippen molar-refractivity contribution in [2.45, 2.75) is 71.8 Å². The van der Waals surface area contributed by atoms with Gasteiger partial charge in [0.15, 0.2) is 0 Å². The molecule has 124 valence electrons. The van der Waals surface area contributed by atoms with Crippen LogP contribution in [0.2, 0.25) is 0 Å². The van der Waals surface area contributed by atoms with Gasteiger partial charge in [-0.05, 0) is 82.3 Å². The molecule has 1 heterocycles. The van der Waals surface area contributed by atoms with Crippen LogP contribution in [0, 0.1) is 23.7 Å². The molecule has 21 heavy (non-hydrogen) atoms. The fourth-order valence-corrected chi connectivity index (χ4v) is 4.63. The van der Waals surface area contributed by atoms with Crippen LogP contribution in [0.3, 0.4) is 0 Å². The van der Waals surface area contributed by atoms with Crippen molar-refractivity contribution in [1.29, 1.82) is 0 Å². The Kier molecular flexibility index (Phi) is 7.01. The van der Waals surface area contributed by atoms with Crippen molar-refractivity contribution in [3.05, 3.63) is 0 Å². The summed E-state index contributed by atoms with van der Waals surface area (Å²) in [6.07, 6.45) is 9.95. The maximum Gasteiger partial charge on any atom is 0.0105 e. The SMILES string of the molecule is CCC1CCCN(CC2CC(C(C)C)CCC2NC)CC1. The van der Waals surface area contributed by atoms with Crippen molar-refractivity contribution < 1.29 is 0 Å². The Labute approximate surface area is 133 Å². The van der Waals surface area contributed by atoms with E-state index < -0.39 is 0 Å².